The lowest BCUT2D eigenvalue weighted by Gasteiger charge is -2.13. The van der Waals surface area contributed by atoms with Gasteiger partial charge in [0.2, 0.25) is 0 Å². The van der Waals surface area contributed by atoms with Crippen molar-refractivity contribution >= 4 is 18.0 Å². The number of ether oxygens (including phenoxy) is 2. The Bertz CT molecular complexity index is 1110. The van der Waals surface area contributed by atoms with Crippen LogP contribution in [0.4, 0.5) is 8.78 Å². The minimum absolute atomic E-state index is 0.118. The Labute approximate surface area is 183 Å². The van der Waals surface area contributed by atoms with Crippen LogP contribution in [0, 0.1) is 11.6 Å². The highest BCUT2D eigenvalue weighted by molar-refractivity contribution is 5.85. The fourth-order valence-electron chi connectivity index (χ4n) is 2.91. The fourth-order valence-corrected chi connectivity index (χ4v) is 2.91. The summed E-state index contributed by atoms with van der Waals surface area (Å²) in [5, 5.41) is 8.82. The molecule has 0 radical (unpaired) electrons. The number of esters is 1. The molecule has 0 heterocycles. The van der Waals surface area contributed by atoms with Gasteiger partial charge in [0.1, 0.15) is 18.2 Å². The molecule has 0 saturated heterocycles. The average Bonchev–Trinajstić information content (AvgIpc) is 2.76. The van der Waals surface area contributed by atoms with E-state index in [1.54, 1.807) is 6.07 Å². The van der Waals surface area contributed by atoms with Crippen molar-refractivity contribution < 1.29 is 33.0 Å². The maximum atomic E-state index is 13.4. The monoisotopic (exact) mass is 438 g/mol. The summed E-state index contributed by atoms with van der Waals surface area (Å²) in [6, 6.07) is 17.0. The van der Waals surface area contributed by atoms with Gasteiger partial charge in [-0.3, -0.25) is 4.79 Å². The Morgan fingerprint density at radius 1 is 0.875 bits per heavy atom. The molecular weight excluding hydrogens is 418 g/mol. The number of carbonyl (C=O) groups is 2. The first-order valence-corrected chi connectivity index (χ1v) is 9.76. The number of benzene rings is 3. The van der Waals surface area contributed by atoms with Gasteiger partial charge in [-0.05, 0) is 53.5 Å². The van der Waals surface area contributed by atoms with E-state index >= 15 is 0 Å². The Morgan fingerprint density at radius 2 is 1.59 bits per heavy atom. The van der Waals surface area contributed by atoms with Gasteiger partial charge in [-0.1, -0.05) is 36.4 Å². The number of carboxylic acid groups (broad SMARTS) is 1. The second-order valence-corrected chi connectivity index (χ2v) is 6.90. The molecule has 7 heteroatoms. The lowest BCUT2D eigenvalue weighted by Crippen LogP contribution is -2.10. The van der Waals surface area contributed by atoms with Crippen LogP contribution < -0.4 is 9.47 Å². The third-order valence-electron chi connectivity index (χ3n) is 4.39. The summed E-state index contributed by atoms with van der Waals surface area (Å²) in [7, 11) is 0. The zero-order valence-corrected chi connectivity index (χ0v) is 17.0. The van der Waals surface area contributed by atoms with Gasteiger partial charge in [-0.15, -0.1) is 0 Å². The molecule has 0 unspecified atom stereocenters. The number of rotatable bonds is 9. The van der Waals surface area contributed by atoms with E-state index < -0.39 is 23.6 Å². The van der Waals surface area contributed by atoms with Gasteiger partial charge in [-0.2, -0.15) is 0 Å². The van der Waals surface area contributed by atoms with E-state index in [0.29, 0.717) is 12.0 Å². The largest absolute Gasteiger partial charge is 0.485 e. The average molecular weight is 438 g/mol. The maximum Gasteiger partial charge on any atom is 0.328 e. The predicted octanol–water partition coefficient (Wildman–Crippen LogP) is 5.18. The molecule has 0 aliphatic rings. The summed E-state index contributed by atoms with van der Waals surface area (Å²) in [5.41, 5.74) is 1.72. The molecule has 0 aliphatic heterocycles. The van der Waals surface area contributed by atoms with Crippen molar-refractivity contribution in [3.8, 4) is 11.5 Å². The van der Waals surface area contributed by atoms with E-state index in [1.807, 2.05) is 30.3 Å². The molecule has 0 spiro atoms. The molecule has 5 nitrogen and oxygen atoms in total. The number of halogens is 2. The van der Waals surface area contributed by atoms with Crippen LogP contribution in [0.2, 0.25) is 0 Å². The number of aryl methyl sites for hydroxylation is 1. The van der Waals surface area contributed by atoms with E-state index in [4.69, 9.17) is 14.6 Å². The van der Waals surface area contributed by atoms with Crippen molar-refractivity contribution in [3.05, 3.63) is 101 Å². The van der Waals surface area contributed by atoms with E-state index in [9.17, 15) is 18.4 Å². The minimum atomic E-state index is -1.13. The third kappa shape index (κ3) is 7.05. The molecule has 0 aliphatic carbocycles. The molecule has 1 N–H and O–H groups in total. The van der Waals surface area contributed by atoms with Crippen LogP contribution in [0.1, 0.15) is 23.1 Å². The SMILES string of the molecule is O=C(O)/C=C/c1ccc(OC(=O)CCc2ccccc2)c(OCc2cc(F)cc(F)c2)c1. The normalized spacial score (nSPS) is 10.8. The molecule has 0 aromatic heterocycles. The Balaban J connectivity index is 1.75. The highest BCUT2D eigenvalue weighted by Gasteiger charge is 2.13. The molecule has 0 bridgehead atoms. The molecule has 164 valence electrons. The van der Waals surface area contributed by atoms with Crippen LogP contribution in [0.15, 0.2) is 72.8 Å². The second-order valence-electron chi connectivity index (χ2n) is 6.90. The summed E-state index contributed by atoms with van der Waals surface area (Å²) < 4.78 is 38.0. The zero-order chi connectivity index (χ0) is 22.9. The minimum Gasteiger partial charge on any atom is -0.485 e. The van der Waals surface area contributed by atoms with E-state index in [0.717, 1.165) is 29.8 Å². The van der Waals surface area contributed by atoms with Crippen molar-refractivity contribution in [2.75, 3.05) is 0 Å². The van der Waals surface area contributed by atoms with Gasteiger partial charge in [0.15, 0.2) is 11.5 Å². The summed E-state index contributed by atoms with van der Waals surface area (Å²) in [6.07, 6.45) is 2.93. The van der Waals surface area contributed by atoms with E-state index in [1.165, 1.54) is 18.2 Å². The Morgan fingerprint density at radius 3 is 2.28 bits per heavy atom. The molecule has 0 amide bonds. The van der Waals surface area contributed by atoms with Crippen LogP contribution in [0.25, 0.3) is 6.08 Å². The topological polar surface area (TPSA) is 72.8 Å². The number of hydrogen-bond donors (Lipinski definition) is 1. The first-order chi connectivity index (χ1) is 15.4. The Kier molecular flexibility index (Phi) is 7.70. The summed E-state index contributed by atoms with van der Waals surface area (Å²) in [6.45, 7) is -0.185. The zero-order valence-electron chi connectivity index (χ0n) is 17.0. The number of aliphatic carboxylic acids is 1. The van der Waals surface area contributed by atoms with Gasteiger partial charge in [-0.25, -0.2) is 13.6 Å². The van der Waals surface area contributed by atoms with Crippen LogP contribution in [-0.4, -0.2) is 17.0 Å². The predicted molar refractivity (Wildman–Crippen MR) is 114 cm³/mol. The van der Waals surface area contributed by atoms with Crippen molar-refractivity contribution in [3.63, 3.8) is 0 Å². The van der Waals surface area contributed by atoms with Gasteiger partial charge in [0.05, 0.1) is 0 Å². The second kappa shape index (κ2) is 10.9. The van der Waals surface area contributed by atoms with Gasteiger partial charge in [0, 0.05) is 18.6 Å². The maximum absolute atomic E-state index is 13.4. The standard InChI is InChI=1S/C25H20F2O5/c26-20-12-19(13-21(27)15-20)16-31-23-14-18(7-10-24(28)29)6-9-22(23)32-25(30)11-8-17-4-2-1-3-5-17/h1-7,9-10,12-15H,8,11,16H2,(H,28,29)/b10-7+. The summed E-state index contributed by atoms with van der Waals surface area (Å²) in [4.78, 5) is 23.1. The van der Waals surface area contributed by atoms with Crippen LogP contribution in [0.5, 0.6) is 11.5 Å². The van der Waals surface area contributed by atoms with Gasteiger partial charge in [0.25, 0.3) is 0 Å². The quantitative estimate of drug-likeness (QED) is 0.283. The van der Waals surface area contributed by atoms with Crippen molar-refractivity contribution in [2.45, 2.75) is 19.4 Å². The number of carbonyl (C=O) groups excluding carboxylic acids is 1. The van der Waals surface area contributed by atoms with Crippen LogP contribution in [0.3, 0.4) is 0 Å². The first-order valence-electron chi connectivity index (χ1n) is 9.76. The molecular formula is C25H20F2O5. The molecule has 0 fully saturated rings. The molecule has 32 heavy (non-hydrogen) atoms. The van der Waals surface area contributed by atoms with Crippen molar-refractivity contribution in [2.24, 2.45) is 0 Å². The molecule has 3 rings (SSSR count). The fraction of sp³-hybridized carbons (Fsp3) is 0.120. The van der Waals surface area contributed by atoms with Crippen molar-refractivity contribution in [1.82, 2.24) is 0 Å². The van der Waals surface area contributed by atoms with E-state index in [-0.39, 0.29) is 30.1 Å². The smallest absolute Gasteiger partial charge is 0.328 e. The highest BCUT2D eigenvalue weighted by Crippen LogP contribution is 2.30. The van der Waals surface area contributed by atoms with E-state index in [2.05, 4.69) is 0 Å². The molecule has 3 aromatic rings. The summed E-state index contributed by atoms with van der Waals surface area (Å²) in [5.74, 6) is -2.84. The third-order valence-corrected chi connectivity index (χ3v) is 4.39. The van der Waals surface area contributed by atoms with Crippen LogP contribution >= 0.6 is 0 Å². The Hall–Kier alpha value is -4.00. The lowest BCUT2D eigenvalue weighted by molar-refractivity contribution is -0.134. The summed E-state index contributed by atoms with van der Waals surface area (Å²) >= 11 is 0. The van der Waals surface area contributed by atoms with Crippen LogP contribution in [-0.2, 0) is 22.6 Å². The molecule has 3 aromatic carbocycles. The highest BCUT2D eigenvalue weighted by atomic mass is 19.1. The number of hydrogen-bond acceptors (Lipinski definition) is 4. The lowest BCUT2D eigenvalue weighted by atomic mass is 10.1. The molecule has 0 atom stereocenters. The molecule has 0 saturated carbocycles. The van der Waals surface area contributed by atoms with Crippen molar-refractivity contribution in [1.29, 1.82) is 0 Å². The number of carboxylic acids is 1. The first kappa shape index (κ1) is 22.7. The van der Waals surface area contributed by atoms with Gasteiger partial charge >= 0.3 is 11.9 Å². The van der Waals surface area contributed by atoms with Gasteiger partial charge < -0.3 is 14.6 Å².